The van der Waals surface area contributed by atoms with Gasteiger partial charge in [0, 0.05) is 18.7 Å². The van der Waals surface area contributed by atoms with E-state index in [1.807, 2.05) is 49.4 Å². The van der Waals surface area contributed by atoms with Crippen molar-refractivity contribution in [2.75, 3.05) is 14.2 Å². The molecule has 0 aliphatic carbocycles. The molecule has 1 aromatic heterocycles. The molecular formula is C20H20N2O2S. The van der Waals surface area contributed by atoms with Crippen molar-refractivity contribution >= 4 is 33.5 Å². The number of ether oxygens (including phenoxy) is 1. The zero-order valence-electron chi connectivity index (χ0n) is 14.5. The van der Waals surface area contributed by atoms with Gasteiger partial charge >= 0.3 is 0 Å². The Morgan fingerprint density at radius 1 is 1.28 bits per heavy atom. The molecule has 0 radical (unpaired) electrons. The van der Waals surface area contributed by atoms with Gasteiger partial charge in [0.15, 0.2) is 0 Å². The fraction of sp³-hybridized carbons (Fsp3) is 0.200. The van der Waals surface area contributed by atoms with Crippen LogP contribution in [-0.2, 0) is 11.3 Å². The summed E-state index contributed by atoms with van der Waals surface area (Å²) in [4.78, 5) is 18.6. The predicted molar refractivity (Wildman–Crippen MR) is 103 cm³/mol. The molecule has 4 nitrogen and oxygen atoms in total. The molecule has 128 valence electrons. The van der Waals surface area contributed by atoms with Gasteiger partial charge in [0.2, 0.25) is 5.91 Å². The number of hydrogen-bond donors (Lipinski definition) is 0. The lowest BCUT2D eigenvalue weighted by atomic mass is 10.1. The normalized spacial score (nSPS) is 11.2. The Bertz CT molecular complexity index is 897. The first-order valence-electron chi connectivity index (χ1n) is 7.99. The zero-order valence-corrected chi connectivity index (χ0v) is 15.3. The number of hydrogen-bond acceptors (Lipinski definition) is 4. The summed E-state index contributed by atoms with van der Waals surface area (Å²) in [5, 5.41) is 0.929. The van der Waals surface area contributed by atoms with Gasteiger partial charge < -0.3 is 9.64 Å². The van der Waals surface area contributed by atoms with Gasteiger partial charge in [-0.1, -0.05) is 23.8 Å². The standard InChI is InChI=1S/C20H20N2O2S/c1-14-8-10-17(24-3)15(12-14)9-11-20(23)22(2)13-19-21-16-6-4-5-7-18(16)25-19/h4-12H,13H2,1-3H3/b11-9+. The van der Waals surface area contributed by atoms with Crippen LogP contribution in [0, 0.1) is 6.92 Å². The maximum atomic E-state index is 12.4. The summed E-state index contributed by atoms with van der Waals surface area (Å²) < 4.78 is 6.48. The summed E-state index contributed by atoms with van der Waals surface area (Å²) in [7, 11) is 3.41. The first-order chi connectivity index (χ1) is 12.1. The third-order valence-electron chi connectivity index (χ3n) is 3.88. The van der Waals surface area contributed by atoms with E-state index in [1.54, 1.807) is 42.5 Å². The Balaban J connectivity index is 1.71. The highest BCUT2D eigenvalue weighted by Crippen LogP contribution is 2.23. The van der Waals surface area contributed by atoms with Crippen molar-refractivity contribution in [2.45, 2.75) is 13.5 Å². The molecule has 5 heteroatoms. The zero-order chi connectivity index (χ0) is 17.8. The number of nitrogens with zero attached hydrogens (tertiary/aromatic N) is 2. The molecule has 0 aliphatic heterocycles. The molecule has 0 bridgehead atoms. The van der Waals surface area contributed by atoms with E-state index in [2.05, 4.69) is 4.98 Å². The van der Waals surface area contributed by atoms with Gasteiger partial charge in [0.05, 0.1) is 23.9 Å². The molecule has 1 heterocycles. The number of aryl methyl sites for hydroxylation is 1. The van der Waals surface area contributed by atoms with E-state index in [4.69, 9.17) is 4.74 Å². The van der Waals surface area contributed by atoms with E-state index in [-0.39, 0.29) is 5.91 Å². The minimum atomic E-state index is -0.0668. The van der Waals surface area contributed by atoms with Crippen LogP contribution < -0.4 is 4.74 Å². The van der Waals surface area contributed by atoms with Gasteiger partial charge in [0.1, 0.15) is 10.8 Å². The van der Waals surface area contributed by atoms with Crippen molar-refractivity contribution in [1.29, 1.82) is 0 Å². The molecule has 0 N–H and O–H groups in total. The Morgan fingerprint density at radius 2 is 2.08 bits per heavy atom. The van der Waals surface area contributed by atoms with Gasteiger partial charge in [-0.2, -0.15) is 0 Å². The van der Waals surface area contributed by atoms with E-state index in [1.165, 1.54) is 0 Å². The summed E-state index contributed by atoms with van der Waals surface area (Å²) in [5.41, 5.74) is 2.99. The highest BCUT2D eigenvalue weighted by atomic mass is 32.1. The van der Waals surface area contributed by atoms with Gasteiger partial charge in [-0.3, -0.25) is 4.79 Å². The molecule has 0 aliphatic rings. The van der Waals surface area contributed by atoms with Gasteiger partial charge in [-0.15, -0.1) is 11.3 Å². The van der Waals surface area contributed by atoms with Crippen LogP contribution in [-0.4, -0.2) is 29.9 Å². The highest BCUT2D eigenvalue weighted by Gasteiger charge is 2.10. The molecule has 3 aromatic rings. The second kappa shape index (κ2) is 7.49. The van der Waals surface area contributed by atoms with Crippen LogP contribution in [0.25, 0.3) is 16.3 Å². The van der Waals surface area contributed by atoms with Gasteiger partial charge in [-0.05, 0) is 37.3 Å². The van der Waals surface area contributed by atoms with Crippen molar-refractivity contribution in [1.82, 2.24) is 9.88 Å². The van der Waals surface area contributed by atoms with Gasteiger partial charge in [-0.25, -0.2) is 4.98 Å². The molecule has 0 fully saturated rings. The first kappa shape index (κ1) is 17.2. The van der Waals surface area contributed by atoms with Crippen LogP contribution in [0.4, 0.5) is 0 Å². The summed E-state index contributed by atoms with van der Waals surface area (Å²) in [6.07, 6.45) is 3.37. The maximum absolute atomic E-state index is 12.4. The Morgan fingerprint density at radius 3 is 2.84 bits per heavy atom. The SMILES string of the molecule is COc1ccc(C)cc1/C=C/C(=O)N(C)Cc1nc2ccccc2s1. The molecule has 3 rings (SSSR count). The van der Waals surface area contributed by atoms with Crippen LogP contribution in [0.3, 0.4) is 0 Å². The number of likely N-dealkylation sites (N-methyl/N-ethyl adjacent to an activating group) is 1. The number of thiazole rings is 1. The topological polar surface area (TPSA) is 42.4 Å². The van der Waals surface area contributed by atoms with E-state index in [0.29, 0.717) is 6.54 Å². The lowest BCUT2D eigenvalue weighted by Crippen LogP contribution is -2.23. The average molecular weight is 352 g/mol. The van der Waals surface area contributed by atoms with Crippen LogP contribution >= 0.6 is 11.3 Å². The number of aromatic nitrogens is 1. The Labute approximate surface area is 151 Å². The molecule has 0 spiro atoms. The minimum absolute atomic E-state index is 0.0668. The lowest BCUT2D eigenvalue weighted by molar-refractivity contribution is -0.125. The molecular weight excluding hydrogens is 332 g/mol. The van der Waals surface area contributed by atoms with E-state index < -0.39 is 0 Å². The van der Waals surface area contributed by atoms with Crippen LogP contribution in [0.2, 0.25) is 0 Å². The molecule has 0 saturated carbocycles. The maximum Gasteiger partial charge on any atom is 0.246 e. The number of para-hydroxylation sites is 1. The number of rotatable bonds is 5. The molecule has 0 saturated heterocycles. The van der Waals surface area contributed by atoms with E-state index >= 15 is 0 Å². The minimum Gasteiger partial charge on any atom is -0.496 e. The number of carbonyl (C=O) groups is 1. The summed E-state index contributed by atoms with van der Waals surface area (Å²) in [6, 6.07) is 13.9. The Kier molecular flexibility index (Phi) is 5.14. The summed E-state index contributed by atoms with van der Waals surface area (Å²) in [5.74, 6) is 0.686. The number of methoxy groups -OCH3 is 1. The Hall–Kier alpha value is -2.66. The molecule has 0 atom stereocenters. The van der Waals surface area contributed by atoms with Crippen molar-refractivity contribution < 1.29 is 9.53 Å². The average Bonchev–Trinajstić information content (AvgIpc) is 3.01. The first-order valence-corrected chi connectivity index (χ1v) is 8.81. The van der Waals surface area contributed by atoms with Crippen molar-refractivity contribution in [3.05, 3.63) is 64.7 Å². The quantitative estimate of drug-likeness (QED) is 0.644. The third-order valence-corrected chi connectivity index (χ3v) is 4.90. The fourth-order valence-corrected chi connectivity index (χ4v) is 3.56. The number of amides is 1. The molecule has 1 amide bonds. The van der Waals surface area contributed by atoms with Crippen LogP contribution in [0.1, 0.15) is 16.1 Å². The number of carbonyl (C=O) groups excluding carboxylic acids is 1. The predicted octanol–water partition coefficient (Wildman–Crippen LogP) is 4.29. The van der Waals surface area contributed by atoms with Crippen molar-refractivity contribution in [2.24, 2.45) is 0 Å². The highest BCUT2D eigenvalue weighted by molar-refractivity contribution is 7.18. The largest absolute Gasteiger partial charge is 0.496 e. The molecule has 2 aromatic carbocycles. The van der Waals surface area contributed by atoms with Crippen LogP contribution in [0.15, 0.2) is 48.5 Å². The molecule has 0 unspecified atom stereocenters. The van der Waals surface area contributed by atoms with Gasteiger partial charge in [0.25, 0.3) is 0 Å². The second-order valence-corrected chi connectivity index (χ2v) is 6.96. The molecule has 25 heavy (non-hydrogen) atoms. The monoisotopic (exact) mass is 352 g/mol. The smallest absolute Gasteiger partial charge is 0.246 e. The van der Waals surface area contributed by atoms with E-state index in [0.717, 1.165) is 32.1 Å². The van der Waals surface area contributed by atoms with Crippen molar-refractivity contribution in [3.8, 4) is 5.75 Å². The number of benzene rings is 2. The summed E-state index contributed by atoms with van der Waals surface area (Å²) >= 11 is 1.62. The van der Waals surface area contributed by atoms with Crippen LogP contribution in [0.5, 0.6) is 5.75 Å². The third kappa shape index (κ3) is 4.06. The summed E-state index contributed by atoms with van der Waals surface area (Å²) in [6.45, 7) is 2.51. The fourth-order valence-electron chi connectivity index (χ4n) is 2.54. The van der Waals surface area contributed by atoms with E-state index in [9.17, 15) is 4.79 Å². The number of fused-ring (bicyclic) bond motifs is 1. The second-order valence-electron chi connectivity index (χ2n) is 5.85. The lowest BCUT2D eigenvalue weighted by Gasteiger charge is -2.13. The van der Waals surface area contributed by atoms with Crippen molar-refractivity contribution in [3.63, 3.8) is 0 Å².